The summed E-state index contributed by atoms with van der Waals surface area (Å²) in [7, 11) is -2.05. The van der Waals surface area contributed by atoms with Crippen molar-refractivity contribution in [2.24, 2.45) is 0 Å². The zero-order valence-electron chi connectivity index (χ0n) is 24.4. The third-order valence-electron chi connectivity index (χ3n) is 7.53. The molecule has 1 saturated heterocycles. The number of benzene rings is 1. The van der Waals surface area contributed by atoms with Crippen molar-refractivity contribution in [3.8, 4) is 11.1 Å². The minimum atomic E-state index is -2.05. The lowest BCUT2D eigenvalue weighted by Crippen LogP contribution is -2.45. The summed E-state index contributed by atoms with van der Waals surface area (Å²) in [5.74, 6) is 0.516. The Morgan fingerprint density at radius 2 is 1.77 bits per heavy atom. The molecule has 9 heteroatoms. The number of carbonyl (C=O) groups is 1. The summed E-state index contributed by atoms with van der Waals surface area (Å²) in [5.41, 5.74) is 2.18. The van der Waals surface area contributed by atoms with Gasteiger partial charge in [-0.15, -0.1) is 0 Å². The zero-order valence-corrected chi connectivity index (χ0v) is 25.4. The molecule has 0 bridgehead atoms. The van der Waals surface area contributed by atoms with Gasteiger partial charge in [0.05, 0.1) is 18.7 Å². The minimum absolute atomic E-state index is 0.0584. The first-order valence-corrected chi connectivity index (χ1v) is 16.4. The molecule has 1 fully saturated rings. The number of ether oxygens (including phenoxy) is 1. The van der Waals surface area contributed by atoms with Crippen LogP contribution in [0.2, 0.25) is 18.1 Å². The van der Waals surface area contributed by atoms with Crippen molar-refractivity contribution in [3.63, 3.8) is 0 Å². The van der Waals surface area contributed by atoms with Gasteiger partial charge < -0.3 is 13.7 Å². The normalized spacial score (nSPS) is 18.4. The first-order valence-electron chi connectivity index (χ1n) is 13.5. The van der Waals surface area contributed by atoms with Gasteiger partial charge in [-0.05, 0) is 68.2 Å². The summed E-state index contributed by atoms with van der Waals surface area (Å²) < 4.78 is 28.0. The molecule has 1 aliphatic heterocycles. The number of imidazole rings is 1. The first kappa shape index (κ1) is 29.0. The van der Waals surface area contributed by atoms with Crippen LogP contribution in [0.3, 0.4) is 0 Å². The maximum Gasteiger partial charge on any atom is 0.411 e. The molecule has 0 radical (unpaired) electrons. The highest BCUT2D eigenvalue weighted by Gasteiger charge is 2.45. The quantitative estimate of drug-likeness (QED) is 0.302. The molecule has 1 aliphatic rings. The maximum atomic E-state index is 13.4. The van der Waals surface area contributed by atoms with Gasteiger partial charge in [-0.2, -0.15) is 0 Å². The maximum absolute atomic E-state index is 13.4. The standard InChI is InChI=1S/C30H41FN4O3Si/c1-29(2,3)37-28(36)35-20-25(38-39(7,8)30(4,5)6)16-26(35)27-33-13-14-34(27)19-21-15-23(18-32-17-21)22-9-11-24(31)12-10-22/h9-15,17-18,25-26H,16,19-20H2,1-8H3/t25-,26+/m1/s1. The van der Waals surface area contributed by atoms with E-state index in [1.807, 2.05) is 39.2 Å². The highest BCUT2D eigenvalue weighted by Crippen LogP contribution is 2.41. The van der Waals surface area contributed by atoms with Crippen molar-refractivity contribution < 1.29 is 18.3 Å². The summed E-state index contributed by atoms with van der Waals surface area (Å²) in [6.45, 7) is 17.8. The van der Waals surface area contributed by atoms with Crippen molar-refractivity contribution >= 4 is 14.4 Å². The second-order valence-corrected chi connectivity index (χ2v) is 17.6. The number of carbonyl (C=O) groups excluding carboxylic acids is 1. The Morgan fingerprint density at radius 1 is 1.08 bits per heavy atom. The van der Waals surface area contributed by atoms with Crippen LogP contribution in [0.4, 0.5) is 9.18 Å². The van der Waals surface area contributed by atoms with E-state index in [2.05, 4.69) is 43.4 Å². The average Bonchev–Trinajstić information content (AvgIpc) is 3.44. The number of likely N-dealkylation sites (tertiary alicyclic amines) is 1. The predicted molar refractivity (Wildman–Crippen MR) is 153 cm³/mol. The van der Waals surface area contributed by atoms with Gasteiger partial charge >= 0.3 is 6.09 Å². The third-order valence-corrected chi connectivity index (χ3v) is 12.1. The highest BCUT2D eigenvalue weighted by molar-refractivity contribution is 6.74. The van der Waals surface area contributed by atoms with Crippen LogP contribution in [0.5, 0.6) is 0 Å². The number of rotatable bonds is 6. The Kier molecular flexibility index (Phi) is 8.05. The van der Waals surface area contributed by atoms with Gasteiger partial charge in [0, 0.05) is 43.3 Å². The molecular weight excluding hydrogens is 511 g/mol. The van der Waals surface area contributed by atoms with Crippen LogP contribution in [-0.4, -0.2) is 52.1 Å². The van der Waals surface area contributed by atoms with Crippen molar-refractivity contribution in [2.45, 2.75) is 90.4 Å². The molecule has 7 nitrogen and oxygen atoms in total. The fourth-order valence-corrected chi connectivity index (χ4v) is 5.92. The van der Waals surface area contributed by atoms with Crippen LogP contribution in [0.1, 0.15) is 65.4 Å². The molecule has 1 aromatic carbocycles. The summed E-state index contributed by atoms with van der Waals surface area (Å²) >= 11 is 0. The van der Waals surface area contributed by atoms with E-state index in [1.165, 1.54) is 12.1 Å². The summed E-state index contributed by atoms with van der Waals surface area (Å²) in [5, 5.41) is 0.0584. The molecule has 1 amide bonds. The second kappa shape index (κ2) is 10.8. The Bertz CT molecular complexity index is 1290. The van der Waals surface area contributed by atoms with Gasteiger partial charge in [0.2, 0.25) is 0 Å². The SMILES string of the molecule is CC(C)(C)OC(=O)N1C[C@H](O[Si](C)(C)C(C)(C)C)C[C@H]1c1nccn1Cc1cncc(-c2ccc(F)cc2)c1. The zero-order chi connectivity index (χ0) is 28.6. The van der Waals surface area contributed by atoms with Gasteiger partial charge in [0.25, 0.3) is 0 Å². The van der Waals surface area contributed by atoms with E-state index >= 15 is 0 Å². The van der Waals surface area contributed by atoms with Crippen LogP contribution in [0.25, 0.3) is 11.1 Å². The molecule has 2 aromatic heterocycles. The van der Waals surface area contributed by atoms with Gasteiger partial charge in [0.1, 0.15) is 17.2 Å². The number of nitrogens with zero attached hydrogens (tertiary/aromatic N) is 4. The Morgan fingerprint density at radius 3 is 2.41 bits per heavy atom. The Hall–Kier alpha value is -3.04. The van der Waals surface area contributed by atoms with Crippen LogP contribution in [-0.2, 0) is 15.7 Å². The van der Waals surface area contributed by atoms with Gasteiger partial charge in [-0.3, -0.25) is 9.88 Å². The topological polar surface area (TPSA) is 69.5 Å². The molecular formula is C30H41FN4O3Si. The highest BCUT2D eigenvalue weighted by atomic mass is 28.4. The molecule has 0 spiro atoms. The summed E-state index contributed by atoms with van der Waals surface area (Å²) in [6.07, 6.45) is 7.48. The molecule has 0 aliphatic carbocycles. The lowest BCUT2D eigenvalue weighted by molar-refractivity contribution is 0.0201. The van der Waals surface area contributed by atoms with E-state index in [-0.39, 0.29) is 29.1 Å². The van der Waals surface area contributed by atoms with Crippen molar-refractivity contribution in [2.75, 3.05) is 6.54 Å². The van der Waals surface area contributed by atoms with Crippen LogP contribution in [0, 0.1) is 5.82 Å². The molecule has 2 atom stereocenters. The fraction of sp³-hybridized carbons (Fsp3) is 0.500. The molecule has 39 heavy (non-hydrogen) atoms. The molecule has 0 N–H and O–H groups in total. The number of hydrogen-bond acceptors (Lipinski definition) is 5. The van der Waals surface area contributed by atoms with Crippen molar-refractivity contribution in [3.05, 3.63) is 72.3 Å². The Balaban J connectivity index is 1.60. The van der Waals surface area contributed by atoms with E-state index in [4.69, 9.17) is 14.1 Å². The monoisotopic (exact) mass is 552 g/mol. The van der Waals surface area contributed by atoms with E-state index in [1.54, 1.807) is 29.4 Å². The van der Waals surface area contributed by atoms with E-state index in [0.717, 1.165) is 22.5 Å². The lowest BCUT2D eigenvalue weighted by Gasteiger charge is -2.38. The Labute approximate surface area is 232 Å². The number of pyridine rings is 1. The van der Waals surface area contributed by atoms with Crippen molar-refractivity contribution in [1.82, 2.24) is 19.4 Å². The number of aromatic nitrogens is 3. The second-order valence-electron chi connectivity index (χ2n) is 12.9. The van der Waals surface area contributed by atoms with E-state index in [0.29, 0.717) is 19.5 Å². The molecule has 210 valence electrons. The molecule has 0 saturated carbocycles. The van der Waals surface area contributed by atoms with Gasteiger partial charge in [0.15, 0.2) is 8.32 Å². The summed E-state index contributed by atoms with van der Waals surface area (Å²) in [6, 6.07) is 8.16. The number of amides is 1. The molecule has 3 heterocycles. The number of halogens is 1. The largest absolute Gasteiger partial charge is 0.444 e. The lowest BCUT2D eigenvalue weighted by atomic mass is 10.1. The molecule has 0 unspecified atom stereocenters. The van der Waals surface area contributed by atoms with Crippen LogP contribution in [0.15, 0.2) is 55.1 Å². The smallest absolute Gasteiger partial charge is 0.411 e. The van der Waals surface area contributed by atoms with Crippen LogP contribution < -0.4 is 0 Å². The van der Waals surface area contributed by atoms with Gasteiger partial charge in [-0.1, -0.05) is 32.9 Å². The van der Waals surface area contributed by atoms with E-state index < -0.39 is 13.9 Å². The first-order chi connectivity index (χ1) is 18.1. The molecule has 4 rings (SSSR count). The predicted octanol–water partition coefficient (Wildman–Crippen LogP) is 7.20. The summed E-state index contributed by atoms with van der Waals surface area (Å²) in [4.78, 5) is 24.3. The fourth-order valence-electron chi connectivity index (χ4n) is 4.57. The third kappa shape index (κ3) is 6.94. The van der Waals surface area contributed by atoms with E-state index in [9.17, 15) is 9.18 Å². The van der Waals surface area contributed by atoms with Crippen molar-refractivity contribution in [1.29, 1.82) is 0 Å². The average molecular weight is 553 g/mol. The number of hydrogen-bond donors (Lipinski definition) is 0. The minimum Gasteiger partial charge on any atom is -0.444 e. The molecule has 3 aromatic rings. The van der Waals surface area contributed by atoms with Gasteiger partial charge in [-0.25, -0.2) is 14.2 Å². The van der Waals surface area contributed by atoms with Crippen LogP contribution >= 0.6 is 0 Å².